The van der Waals surface area contributed by atoms with E-state index in [0.29, 0.717) is 23.1 Å². The topological polar surface area (TPSA) is 60.6 Å². The van der Waals surface area contributed by atoms with Crippen molar-refractivity contribution >= 4 is 17.3 Å². The van der Waals surface area contributed by atoms with Crippen LogP contribution in [0.2, 0.25) is 0 Å². The molecule has 0 atom stereocenters. The molecular weight excluding hydrogens is 401 g/mol. The van der Waals surface area contributed by atoms with E-state index in [-0.39, 0.29) is 6.07 Å². The Kier molecular flexibility index (Phi) is 5.35. The van der Waals surface area contributed by atoms with Gasteiger partial charge in [-0.3, -0.25) is 4.79 Å². The summed E-state index contributed by atoms with van der Waals surface area (Å²) in [5.74, 6) is -2.77. The summed E-state index contributed by atoms with van der Waals surface area (Å²) in [6, 6.07) is 3.21. The van der Waals surface area contributed by atoms with Gasteiger partial charge in [0.2, 0.25) is 0 Å². The summed E-state index contributed by atoms with van der Waals surface area (Å²) in [4.78, 5) is 22.8. The summed E-state index contributed by atoms with van der Waals surface area (Å²) in [5, 5.41) is 8.77. The van der Waals surface area contributed by atoms with Gasteiger partial charge in [-0.2, -0.15) is 26.3 Å². The Hall–Kier alpha value is -3.18. The van der Waals surface area contributed by atoms with Crippen molar-refractivity contribution in [1.82, 2.24) is 0 Å². The van der Waals surface area contributed by atoms with Crippen molar-refractivity contribution in [3.63, 3.8) is 0 Å². The highest BCUT2D eigenvalue weighted by Gasteiger charge is 2.40. The minimum absolute atomic E-state index is 0.236. The summed E-state index contributed by atoms with van der Waals surface area (Å²) >= 11 is 0. The van der Waals surface area contributed by atoms with Crippen LogP contribution in [0.3, 0.4) is 0 Å². The summed E-state index contributed by atoms with van der Waals surface area (Å²) in [6.45, 7) is 0. The van der Waals surface area contributed by atoms with Gasteiger partial charge in [0.1, 0.15) is 11.4 Å². The lowest BCUT2D eigenvalue weighted by atomic mass is 10.1. The number of alkyl halides is 6. The van der Waals surface area contributed by atoms with Crippen molar-refractivity contribution in [2.45, 2.75) is 12.4 Å². The third kappa shape index (κ3) is 4.21. The number of nitrogens with zero attached hydrogens (tertiary/aromatic N) is 2. The predicted octanol–water partition coefficient (Wildman–Crippen LogP) is 4.94. The van der Waals surface area contributed by atoms with E-state index < -0.39 is 57.1 Å². The maximum Gasteiger partial charge on any atom is 0.423 e. The van der Waals surface area contributed by atoms with E-state index in [1.807, 2.05) is 0 Å². The number of anilines is 1. The summed E-state index contributed by atoms with van der Waals surface area (Å²) in [5.41, 5.74) is -5.47. The minimum atomic E-state index is -5.08. The maximum absolute atomic E-state index is 13.3. The van der Waals surface area contributed by atoms with Crippen LogP contribution in [-0.2, 0) is 12.4 Å². The van der Waals surface area contributed by atoms with Gasteiger partial charge in [0.05, 0.1) is 10.5 Å². The SMILES string of the molecule is CN(C(=O)c1ccc(F)c(C(F)(F)F)c1)c1ccc([N+](=O)O)c(C(F)(F)F)c1. The third-order valence-electron chi connectivity index (χ3n) is 3.70. The zero-order valence-corrected chi connectivity index (χ0v) is 13.8. The Morgan fingerprint density at radius 2 is 1.54 bits per heavy atom. The van der Waals surface area contributed by atoms with E-state index in [1.165, 1.54) is 0 Å². The highest BCUT2D eigenvalue weighted by molar-refractivity contribution is 6.06. The van der Waals surface area contributed by atoms with E-state index in [4.69, 9.17) is 5.21 Å². The molecule has 0 aliphatic heterocycles. The molecule has 28 heavy (non-hydrogen) atoms. The zero-order valence-electron chi connectivity index (χ0n) is 13.8. The van der Waals surface area contributed by atoms with Gasteiger partial charge in [-0.15, -0.1) is 0 Å². The van der Waals surface area contributed by atoms with Crippen LogP contribution in [0.15, 0.2) is 36.4 Å². The number of carbonyl (C=O) groups excluding carboxylic acids is 1. The Bertz CT molecular complexity index is 939. The Morgan fingerprint density at radius 1 is 0.964 bits per heavy atom. The number of carbonyl (C=O) groups is 1. The van der Waals surface area contributed by atoms with Gasteiger partial charge >= 0.3 is 18.0 Å². The first-order chi connectivity index (χ1) is 12.7. The molecule has 0 aliphatic carbocycles. The Morgan fingerprint density at radius 3 is 2.04 bits per heavy atom. The Labute approximate surface area is 152 Å². The van der Waals surface area contributed by atoms with Crippen molar-refractivity contribution in [3.8, 4) is 0 Å². The predicted molar refractivity (Wildman–Crippen MR) is 80.7 cm³/mol. The molecule has 2 aromatic rings. The summed E-state index contributed by atoms with van der Waals surface area (Å²) in [6.07, 6.45) is -10.2. The molecule has 0 saturated carbocycles. The monoisotopic (exact) mass is 411 g/mol. The molecule has 2 rings (SSSR count). The van der Waals surface area contributed by atoms with Crippen LogP contribution >= 0.6 is 0 Å². The number of hydrogen-bond donors (Lipinski definition) is 1. The van der Waals surface area contributed by atoms with Gasteiger partial charge in [-0.25, -0.2) is 9.60 Å². The molecule has 0 saturated heterocycles. The first-order valence-corrected chi connectivity index (χ1v) is 7.25. The van der Waals surface area contributed by atoms with E-state index in [2.05, 4.69) is 0 Å². The highest BCUT2D eigenvalue weighted by Crippen LogP contribution is 2.38. The molecule has 5 nitrogen and oxygen atoms in total. The quantitative estimate of drug-likeness (QED) is 0.575. The molecule has 150 valence electrons. The second-order valence-electron chi connectivity index (χ2n) is 5.53. The fourth-order valence-electron chi connectivity index (χ4n) is 2.31. The van der Waals surface area contributed by atoms with Gasteiger partial charge in [0, 0.05) is 24.4 Å². The van der Waals surface area contributed by atoms with E-state index in [0.717, 1.165) is 19.2 Å². The van der Waals surface area contributed by atoms with Crippen LogP contribution in [0.5, 0.6) is 0 Å². The molecule has 1 amide bonds. The summed E-state index contributed by atoms with van der Waals surface area (Å²) in [7, 11) is 0.974. The van der Waals surface area contributed by atoms with Gasteiger partial charge < -0.3 is 4.90 Å². The molecule has 2 aromatic carbocycles. The molecule has 0 aromatic heterocycles. The third-order valence-corrected chi connectivity index (χ3v) is 3.70. The molecule has 1 N–H and O–H groups in total. The lowest BCUT2D eigenvalue weighted by Crippen LogP contribution is -2.27. The largest absolute Gasteiger partial charge is 0.423 e. The van der Waals surface area contributed by atoms with Crippen molar-refractivity contribution in [1.29, 1.82) is 0 Å². The normalized spacial score (nSPS) is 12.0. The first kappa shape index (κ1) is 21.1. The van der Waals surface area contributed by atoms with Crippen molar-refractivity contribution in [2.75, 3.05) is 11.9 Å². The van der Waals surface area contributed by atoms with Gasteiger partial charge in [0.15, 0.2) is 0 Å². The number of benzene rings is 2. The molecule has 0 bridgehead atoms. The van der Waals surface area contributed by atoms with Crippen LogP contribution in [0.1, 0.15) is 21.5 Å². The first-order valence-electron chi connectivity index (χ1n) is 7.25. The number of hydrogen-bond acceptors (Lipinski definition) is 2. The van der Waals surface area contributed by atoms with Crippen LogP contribution in [-0.4, -0.2) is 23.1 Å². The highest BCUT2D eigenvalue weighted by atomic mass is 19.4. The van der Waals surface area contributed by atoms with Gasteiger partial charge in [-0.1, -0.05) is 0 Å². The van der Waals surface area contributed by atoms with Gasteiger partial charge in [-0.05, 0) is 30.3 Å². The van der Waals surface area contributed by atoms with Crippen molar-refractivity contribution in [3.05, 3.63) is 63.8 Å². The van der Waals surface area contributed by atoms with E-state index in [1.54, 1.807) is 0 Å². The van der Waals surface area contributed by atoms with Gasteiger partial charge in [0.25, 0.3) is 10.8 Å². The molecule has 12 heteroatoms. The second kappa shape index (κ2) is 7.09. The Balaban J connectivity index is 2.48. The van der Waals surface area contributed by atoms with Crippen molar-refractivity contribution < 1.29 is 45.7 Å². The number of rotatable bonds is 3. The van der Waals surface area contributed by atoms with Crippen molar-refractivity contribution in [2.24, 2.45) is 0 Å². The fraction of sp³-hybridized carbons (Fsp3) is 0.188. The number of halogens is 7. The van der Waals surface area contributed by atoms with Crippen LogP contribution in [0.25, 0.3) is 0 Å². The molecule has 0 radical (unpaired) electrons. The molecule has 0 heterocycles. The number of amides is 1. The standard InChI is InChI=1S/C16H10F7N2O3/c1-24(9-3-5-13(25(27)28)11(7-9)16(21,22)23)14(26)8-2-4-12(17)10(6-8)15(18,19)20/h2-7H,1H3,(H,27,28)/q+1. The van der Waals surface area contributed by atoms with E-state index in [9.17, 15) is 40.4 Å². The zero-order chi connectivity index (χ0) is 21.4. The second-order valence-corrected chi connectivity index (χ2v) is 5.53. The average molecular weight is 411 g/mol. The lowest BCUT2D eigenvalue weighted by molar-refractivity contribution is -0.730. The lowest BCUT2D eigenvalue weighted by Gasteiger charge is -2.19. The molecule has 0 spiro atoms. The smallest absolute Gasteiger partial charge is 0.311 e. The molecular formula is C16H10F7N2O3+. The molecule has 0 unspecified atom stereocenters. The minimum Gasteiger partial charge on any atom is -0.311 e. The summed E-state index contributed by atoms with van der Waals surface area (Å²) < 4.78 is 90.8. The fourth-order valence-corrected chi connectivity index (χ4v) is 2.31. The van der Waals surface area contributed by atoms with Crippen LogP contribution in [0.4, 0.5) is 42.1 Å². The average Bonchev–Trinajstić information content (AvgIpc) is 2.58. The molecule has 0 fully saturated rings. The van der Waals surface area contributed by atoms with Crippen LogP contribution < -0.4 is 4.90 Å². The maximum atomic E-state index is 13.3. The molecule has 0 aliphatic rings. The van der Waals surface area contributed by atoms with E-state index >= 15 is 0 Å². The van der Waals surface area contributed by atoms with Crippen LogP contribution in [0, 0.1) is 10.7 Å².